The van der Waals surface area contributed by atoms with E-state index in [2.05, 4.69) is 14.6 Å². The highest BCUT2D eigenvalue weighted by Gasteiger charge is 2.17. The molecule has 0 unspecified atom stereocenters. The third-order valence-electron chi connectivity index (χ3n) is 2.98. The van der Waals surface area contributed by atoms with Crippen LogP contribution >= 0.6 is 11.5 Å². The van der Waals surface area contributed by atoms with E-state index in [1.165, 1.54) is 0 Å². The summed E-state index contributed by atoms with van der Waals surface area (Å²) in [5, 5.41) is 3.85. The molecule has 0 bridgehead atoms. The fourth-order valence-electron chi connectivity index (χ4n) is 1.97. The van der Waals surface area contributed by atoms with Gasteiger partial charge in [-0.15, -0.1) is 5.10 Å². The monoisotopic (exact) mass is 277 g/mol. The first-order valence-corrected chi connectivity index (χ1v) is 6.63. The fourth-order valence-corrected chi connectivity index (χ4v) is 2.56. The lowest BCUT2D eigenvalue weighted by Crippen LogP contribution is -2.08. The van der Waals surface area contributed by atoms with Gasteiger partial charge in [0.25, 0.3) is 0 Å². The molecule has 19 heavy (non-hydrogen) atoms. The number of rotatable bonds is 4. The van der Waals surface area contributed by atoms with Gasteiger partial charge in [-0.1, -0.05) is 4.49 Å². The molecule has 0 aromatic carbocycles. The first-order valence-electron chi connectivity index (χ1n) is 5.85. The van der Waals surface area contributed by atoms with Crippen molar-refractivity contribution in [3.05, 3.63) is 33.6 Å². The Labute approximate surface area is 115 Å². The molecule has 0 saturated carbocycles. The molecule has 0 aliphatic carbocycles. The average Bonchev–Trinajstić information content (AvgIpc) is 2.80. The van der Waals surface area contributed by atoms with Crippen LogP contribution in [0.25, 0.3) is 0 Å². The molecule has 5 nitrogen and oxygen atoms in total. The minimum absolute atomic E-state index is 0.00555. The number of carbonyl (C=O) groups excluding carboxylic acids is 1. The molecule has 0 atom stereocenters. The topological polar surface area (TPSA) is 65.0 Å². The zero-order chi connectivity index (χ0) is 14.0. The molecule has 0 spiro atoms. The lowest BCUT2D eigenvalue weighted by Gasteiger charge is -2.11. The van der Waals surface area contributed by atoms with Gasteiger partial charge < -0.3 is 4.74 Å². The molecule has 2 heterocycles. The fraction of sp³-hybridized carbons (Fsp3) is 0.385. The van der Waals surface area contributed by atoms with E-state index in [-0.39, 0.29) is 12.2 Å². The van der Waals surface area contributed by atoms with Gasteiger partial charge in [0.15, 0.2) is 5.78 Å². The number of carbonyl (C=O) groups is 1. The van der Waals surface area contributed by atoms with Crippen LogP contribution in [0.3, 0.4) is 0 Å². The molecule has 0 saturated heterocycles. The van der Waals surface area contributed by atoms with Crippen LogP contribution in [0.5, 0.6) is 5.75 Å². The van der Waals surface area contributed by atoms with Crippen LogP contribution in [0.15, 0.2) is 6.20 Å². The summed E-state index contributed by atoms with van der Waals surface area (Å²) in [5.41, 5.74) is 3.28. The Morgan fingerprint density at radius 3 is 2.68 bits per heavy atom. The number of methoxy groups -OCH3 is 1. The van der Waals surface area contributed by atoms with Crippen molar-refractivity contribution in [1.82, 2.24) is 14.6 Å². The standard InChI is InChI=1S/C13H15N3O2S/c1-7-6-14-10(8(2)12(7)18-4)5-11(17)13-9(3)15-16-19-13/h6H,5H2,1-4H3. The average molecular weight is 277 g/mol. The lowest BCUT2D eigenvalue weighted by atomic mass is 10.1. The smallest absolute Gasteiger partial charge is 0.182 e. The molecule has 0 fully saturated rings. The summed E-state index contributed by atoms with van der Waals surface area (Å²) in [6, 6.07) is 0. The van der Waals surface area contributed by atoms with Crippen molar-refractivity contribution in [3.8, 4) is 5.75 Å². The number of aromatic nitrogens is 3. The van der Waals surface area contributed by atoms with Gasteiger partial charge in [0.05, 0.1) is 24.9 Å². The summed E-state index contributed by atoms with van der Waals surface area (Å²) in [4.78, 5) is 17.1. The van der Waals surface area contributed by atoms with Gasteiger partial charge >= 0.3 is 0 Å². The summed E-state index contributed by atoms with van der Waals surface area (Å²) >= 11 is 1.13. The van der Waals surface area contributed by atoms with Crippen molar-refractivity contribution < 1.29 is 9.53 Å². The summed E-state index contributed by atoms with van der Waals surface area (Å²) in [5.74, 6) is 0.783. The first kappa shape index (κ1) is 13.6. The van der Waals surface area contributed by atoms with E-state index in [4.69, 9.17) is 4.74 Å². The molecule has 0 aliphatic rings. The van der Waals surface area contributed by atoms with E-state index >= 15 is 0 Å². The molecule has 2 aromatic heterocycles. The van der Waals surface area contributed by atoms with Crippen molar-refractivity contribution in [1.29, 1.82) is 0 Å². The SMILES string of the molecule is COc1c(C)cnc(CC(=O)c2snnc2C)c1C. The molecule has 0 radical (unpaired) electrons. The molecule has 0 amide bonds. The van der Waals surface area contributed by atoms with Gasteiger partial charge in [0.1, 0.15) is 10.6 Å². The summed E-state index contributed by atoms with van der Waals surface area (Å²) in [7, 11) is 1.62. The Balaban J connectivity index is 2.30. The van der Waals surface area contributed by atoms with Crippen LogP contribution in [0.1, 0.15) is 32.2 Å². The Morgan fingerprint density at radius 2 is 2.11 bits per heavy atom. The van der Waals surface area contributed by atoms with Crippen LogP contribution < -0.4 is 4.74 Å². The quantitative estimate of drug-likeness (QED) is 0.802. The zero-order valence-electron chi connectivity index (χ0n) is 11.4. The predicted octanol–water partition coefficient (Wildman–Crippen LogP) is 2.29. The molecule has 2 rings (SSSR count). The molecule has 2 aromatic rings. The molecular weight excluding hydrogens is 262 g/mol. The minimum Gasteiger partial charge on any atom is -0.496 e. The van der Waals surface area contributed by atoms with Gasteiger partial charge in [0.2, 0.25) is 0 Å². The van der Waals surface area contributed by atoms with E-state index in [9.17, 15) is 4.79 Å². The second-order valence-corrected chi connectivity index (χ2v) is 5.09. The predicted molar refractivity (Wildman–Crippen MR) is 72.9 cm³/mol. The Bertz CT molecular complexity index is 622. The van der Waals surface area contributed by atoms with Crippen LogP contribution in [0.4, 0.5) is 0 Å². The number of nitrogens with zero attached hydrogens (tertiary/aromatic N) is 3. The number of pyridine rings is 1. The summed E-state index contributed by atoms with van der Waals surface area (Å²) in [6.07, 6.45) is 1.97. The zero-order valence-corrected chi connectivity index (χ0v) is 12.2. The van der Waals surface area contributed by atoms with E-state index in [1.54, 1.807) is 20.2 Å². The highest BCUT2D eigenvalue weighted by Crippen LogP contribution is 2.25. The van der Waals surface area contributed by atoms with Crippen LogP contribution in [0, 0.1) is 20.8 Å². The van der Waals surface area contributed by atoms with Crippen molar-refractivity contribution in [2.45, 2.75) is 27.2 Å². The van der Waals surface area contributed by atoms with Crippen LogP contribution in [-0.4, -0.2) is 27.5 Å². The third kappa shape index (κ3) is 2.63. The summed E-state index contributed by atoms with van der Waals surface area (Å²) in [6.45, 7) is 5.63. The largest absolute Gasteiger partial charge is 0.496 e. The molecule has 0 aliphatic heterocycles. The highest BCUT2D eigenvalue weighted by molar-refractivity contribution is 7.08. The van der Waals surface area contributed by atoms with E-state index in [0.717, 1.165) is 34.1 Å². The third-order valence-corrected chi connectivity index (χ3v) is 3.85. The Kier molecular flexibility index (Phi) is 3.90. The maximum atomic E-state index is 12.2. The van der Waals surface area contributed by atoms with Crippen molar-refractivity contribution in [2.24, 2.45) is 0 Å². The number of hydrogen-bond acceptors (Lipinski definition) is 6. The second-order valence-electron chi connectivity index (χ2n) is 4.33. The van der Waals surface area contributed by atoms with Gasteiger partial charge in [-0.05, 0) is 32.3 Å². The lowest BCUT2D eigenvalue weighted by molar-refractivity contribution is 0.0994. The number of ketones is 1. The van der Waals surface area contributed by atoms with Gasteiger partial charge in [-0.2, -0.15) is 0 Å². The van der Waals surface area contributed by atoms with E-state index in [1.807, 2.05) is 13.8 Å². The number of Topliss-reactive ketones (excluding diaryl/α,β-unsaturated/α-hetero) is 1. The molecule has 100 valence electrons. The first-order chi connectivity index (χ1) is 9.04. The van der Waals surface area contributed by atoms with Crippen molar-refractivity contribution in [3.63, 3.8) is 0 Å². The van der Waals surface area contributed by atoms with Crippen molar-refractivity contribution in [2.75, 3.05) is 7.11 Å². The van der Waals surface area contributed by atoms with Gasteiger partial charge in [-0.3, -0.25) is 9.78 Å². The van der Waals surface area contributed by atoms with Gasteiger partial charge in [0, 0.05) is 17.3 Å². The van der Waals surface area contributed by atoms with Gasteiger partial charge in [-0.25, -0.2) is 0 Å². The minimum atomic E-state index is -0.00555. The van der Waals surface area contributed by atoms with E-state index in [0.29, 0.717) is 10.6 Å². The summed E-state index contributed by atoms with van der Waals surface area (Å²) < 4.78 is 9.12. The Hall–Kier alpha value is -1.82. The highest BCUT2D eigenvalue weighted by atomic mass is 32.1. The number of hydrogen-bond donors (Lipinski definition) is 0. The molecule has 6 heteroatoms. The maximum Gasteiger partial charge on any atom is 0.182 e. The normalized spacial score (nSPS) is 10.5. The number of ether oxygens (including phenoxy) is 1. The Morgan fingerprint density at radius 1 is 1.37 bits per heavy atom. The maximum absolute atomic E-state index is 12.2. The molecular formula is C13H15N3O2S. The second kappa shape index (κ2) is 5.44. The van der Waals surface area contributed by atoms with Crippen molar-refractivity contribution >= 4 is 17.3 Å². The van der Waals surface area contributed by atoms with Crippen LogP contribution in [0.2, 0.25) is 0 Å². The molecule has 0 N–H and O–H groups in total. The van der Waals surface area contributed by atoms with Crippen LogP contribution in [-0.2, 0) is 6.42 Å². The van der Waals surface area contributed by atoms with E-state index < -0.39 is 0 Å². The number of aryl methyl sites for hydroxylation is 2.